The molecule has 1 saturated carbocycles. The number of nitrogens with one attached hydrogen (secondary N) is 1. The van der Waals surface area contributed by atoms with Gasteiger partial charge in [0.25, 0.3) is 5.56 Å². The van der Waals surface area contributed by atoms with Crippen LogP contribution in [0.4, 0.5) is 11.4 Å². The van der Waals surface area contributed by atoms with Gasteiger partial charge in [-0.15, -0.1) is 11.8 Å². The van der Waals surface area contributed by atoms with Crippen molar-refractivity contribution in [3.63, 3.8) is 0 Å². The molecule has 2 aromatic rings. The Kier molecular flexibility index (Phi) is 5.08. The number of para-hydroxylation sites is 2. The van der Waals surface area contributed by atoms with Crippen LogP contribution in [-0.4, -0.2) is 40.0 Å². The van der Waals surface area contributed by atoms with Crippen molar-refractivity contribution in [3.05, 3.63) is 40.8 Å². The molecule has 2 aliphatic rings. The second-order valence-electron chi connectivity index (χ2n) is 6.58. The van der Waals surface area contributed by atoms with Crippen LogP contribution in [0.5, 0.6) is 5.75 Å². The van der Waals surface area contributed by atoms with E-state index in [2.05, 4.69) is 10.4 Å². The van der Waals surface area contributed by atoms with Crippen LogP contribution in [0.15, 0.2) is 40.2 Å². The number of carbonyl (C=O) groups is 2. The van der Waals surface area contributed by atoms with Gasteiger partial charge in [0.2, 0.25) is 11.8 Å². The van der Waals surface area contributed by atoms with Gasteiger partial charge in [-0.2, -0.15) is 5.10 Å². The first-order valence-corrected chi connectivity index (χ1v) is 10.1. The highest BCUT2D eigenvalue weighted by Gasteiger charge is 2.39. The summed E-state index contributed by atoms with van der Waals surface area (Å²) in [6.45, 7) is 2.09. The van der Waals surface area contributed by atoms with Gasteiger partial charge >= 0.3 is 0 Å². The first-order valence-electron chi connectivity index (χ1n) is 9.15. The van der Waals surface area contributed by atoms with Crippen LogP contribution >= 0.6 is 11.8 Å². The van der Waals surface area contributed by atoms with Crippen molar-refractivity contribution in [3.8, 4) is 5.75 Å². The lowest BCUT2D eigenvalue weighted by Crippen LogP contribution is -2.43. The summed E-state index contributed by atoms with van der Waals surface area (Å²) in [5, 5.41) is 6.88. The molecule has 9 heteroatoms. The zero-order chi connectivity index (χ0) is 19.7. The van der Waals surface area contributed by atoms with Gasteiger partial charge in [-0.3, -0.25) is 14.4 Å². The van der Waals surface area contributed by atoms with Crippen LogP contribution in [0.1, 0.15) is 19.8 Å². The standard InChI is InChI=1S/C19H20N4O4S/c1-2-27-14-6-4-3-5-13(14)21-16(24)10-22-19(26)18-15(9-20-22)28-11-17(25)23(18)12-7-8-12/h3-6,9,12H,2,7-8,10-11H2,1H3,(H,21,24). The van der Waals surface area contributed by atoms with Crippen molar-refractivity contribution in [2.45, 2.75) is 37.2 Å². The molecular formula is C19H20N4O4S. The molecule has 2 amide bonds. The number of anilines is 2. The van der Waals surface area contributed by atoms with Crippen molar-refractivity contribution in [1.82, 2.24) is 9.78 Å². The quantitative estimate of drug-likeness (QED) is 0.796. The Hall–Kier alpha value is -2.81. The third kappa shape index (κ3) is 3.62. The highest BCUT2D eigenvalue weighted by atomic mass is 32.2. The summed E-state index contributed by atoms with van der Waals surface area (Å²) in [7, 11) is 0. The van der Waals surface area contributed by atoms with Crippen molar-refractivity contribution < 1.29 is 14.3 Å². The van der Waals surface area contributed by atoms with Crippen LogP contribution in [0.2, 0.25) is 0 Å². The smallest absolute Gasteiger partial charge is 0.292 e. The molecule has 1 aliphatic heterocycles. The first-order chi connectivity index (χ1) is 13.6. The molecule has 2 heterocycles. The number of thioether (sulfide) groups is 1. The van der Waals surface area contributed by atoms with Crippen LogP contribution in [0, 0.1) is 0 Å². The Morgan fingerprint density at radius 3 is 2.86 bits per heavy atom. The number of rotatable bonds is 6. The average molecular weight is 400 g/mol. The van der Waals surface area contributed by atoms with Gasteiger partial charge in [-0.25, -0.2) is 4.68 Å². The van der Waals surface area contributed by atoms with Gasteiger partial charge < -0.3 is 15.0 Å². The maximum atomic E-state index is 12.9. The molecule has 1 aliphatic carbocycles. The maximum absolute atomic E-state index is 12.9. The van der Waals surface area contributed by atoms with Crippen LogP contribution in [-0.2, 0) is 16.1 Å². The lowest BCUT2D eigenvalue weighted by molar-refractivity contribution is -0.117. The first kappa shape index (κ1) is 18.5. The molecular weight excluding hydrogens is 380 g/mol. The van der Waals surface area contributed by atoms with Crippen LogP contribution in [0.25, 0.3) is 0 Å². The van der Waals surface area contributed by atoms with Gasteiger partial charge in [-0.05, 0) is 31.9 Å². The summed E-state index contributed by atoms with van der Waals surface area (Å²) in [6.07, 6.45) is 3.35. The molecule has 0 bridgehead atoms. The van der Waals surface area contributed by atoms with E-state index in [-0.39, 0.29) is 18.5 Å². The van der Waals surface area contributed by atoms with Gasteiger partial charge in [0.1, 0.15) is 18.0 Å². The van der Waals surface area contributed by atoms with E-state index in [0.29, 0.717) is 34.4 Å². The van der Waals surface area contributed by atoms with E-state index in [1.165, 1.54) is 11.8 Å². The van der Waals surface area contributed by atoms with E-state index in [1.807, 2.05) is 13.0 Å². The molecule has 0 spiro atoms. The van der Waals surface area contributed by atoms with E-state index in [4.69, 9.17) is 4.74 Å². The maximum Gasteiger partial charge on any atom is 0.292 e. The normalized spacial score (nSPS) is 15.9. The topological polar surface area (TPSA) is 93.5 Å². The third-order valence-corrected chi connectivity index (χ3v) is 5.51. The number of carbonyl (C=O) groups excluding carboxylic acids is 2. The molecule has 146 valence electrons. The zero-order valence-corrected chi connectivity index (χ0v) is 16.2. The highest BCUT2D eigenvalue weighted by Crippen LogP contribution is 2.39. The molecule has 1 aromatic heterocycles. The zero-order valence-electron chi connectivity index (χ0n) is 15.4. The minimum atomic E-state index is -0.418. The Morgan fingerprint density at radius 2 is 2.11 bits per heavy atom. The number of aromatic nitrogens is 2. The van der Waals surface area contributed by atoms with E-state index in [9.17, 15) is 14.4 Å². The molecule has 0 atom stereocenters. The summed E-state index contributed by atoms with van der Waals surface area (Å²) in [6, 6.07) is 7.19. The molecule has 1 N–H and O–H groups in total. The van der Waals surface area contributed by atoms with E-state index in [0.717, 1.165) is 17.5 Å². The Bertz CT molecular complexity index is 986. The van der Waals surface area contributed by atoms with Gasteiger partial charge in [0.15, 0.2) is 0 Å². The van der Waals surface area contributed by atoms with E-state index < -0.39 is 11.5 Å². The molecule has 0 unspecified atom stereocenters. The Labute approximate surface area is 165 Å². The lowest BCUT2D eigenvalue weighted by atomic mass is 10.3. The lowest BCUT2D eigenvalue weighted by Gasteiger charge is -2.28. The summed E-state index contributed by atoms with van der Waals surface area (Å²) in [4.78, 5) is 40.0. The molecule has 8 nitrogen and oxygen atoms in total. The van der Waals surface area contributed by atoms with Crippen molar-refractivity contribution in [2.24, 2.45) is 0 Å². The molecule has 1 aromatic carbocycles. The molecule has 0 radical (unpaired) electrons. The number of hydrogen-bond donors (Lipinski definition) is 1. The van der Waals surface area contributed by atoms with Gasteiger partial charge in [-0.1, -0.05) is 12.1 Å². The van der Waals surface area contributed by atoms with E-state index in [1.54, 1.807) is 29.3 Å². The fourth-order valence-electron chi connectivity index (χ4n) is 3.13. The molecule has 1 fully saturated rings. The van der Waals surface area contributed by atoms with Crippen molar-refractivity contribution in [1.29, 1.82) is 0 Å². The number of hydrogen-bond acceptors (Lipinski definition) is 6. The van der Waals surface area contributed by atoms with Crippen molar-refractivity contribution >= 4 is 35.0 Å². The number of nitrogens with zero attached hydrogens (tertiary/aromatic N) is 3. The minimum absolute atomic E-state index is 0.0649. The second-order valence-corrected chi connectivity index (χ2v) is 7.60. The number of fused-ring (bicyclic) bond motifs is 1. The fourth-order valence-corrected chi connectivity index (χ4v) is 4.00. The SMILES string of the molecule is CCOc1ccccc1NC(=O)Cn1ncc2c(c1=O)N(C1CC1)C(=O)CS2. The van der Waals surface area contributed by atoms with Gasteiger partial charge in [0.05, 0.1) is 29.1 Å². The van der Waals surface area contributed by atoms with E-state index >= 15 is 0 Å². The van der Waals surface area contributed by atoms with Gasteiger partial charge in [0, 0.05) is 6.04 Å². The Balaban J connectivity index is 1.57. The monoisotopic (exact) mass is 400 g/mol. The number of ether oxygens (including phenoxy) is 1. The second kappa shape index (κ2) is 7.67. The largest absolute Gasteiger partial charge is 0.492 e. The third-order valence-electron chi connectivity index (χ3n) is 4.51. The average Bonchev–Trinajstić information content (AvgIpc) is 3.51. The minimum Gasteiger partial charge on any atom is -0.492 e. The summed E-state index contributed by atoms with van der Waals surface area (Å²) >= 11 is 1.31. The Morgan fingerprint density at radius 1 is 1.32 bits per heavy atom. The predicted octanol–water partition coefficient (Wildman–Crippen LogP) is 1.88. The predicted molar refractivity (Wildman–Crippen MR) is 106 cm³/mol. The number of amides is 2. The summed E-state index contributed by atoms with van der Waals surface area (Å²) < 4.78 is 6.60. The highest BCUT2D eigenvalue weighted by molar-refractivity contribution is 8.00. The summed E-state index contributed by atoms with van der Waals surface area (Å²) in [5.74, 6) is 0.411. The fraction of sp³-hybridized carbons (Fsp3) is 0.368. The van der Waals surface area contributed by atoms with Crippen molar-refractivity contribution in [2.75, 3.05) is 22.6 Å². The van der Waals surface area contributed by atoms with Crippen LogP contribution in [0.3, 0.4) is 0 Å². The summed E-state index contributed by atoms with van der Waals surface area (Å²) in [5.41, 5.74) is 0.463. The molecule has 4 rings (SSSR count). The number of benzene rings is 1. The molecule has 28 heavy (non-hydrogen) atoms. The molecule has 0 saturated heterocycles. The van der Waals surface area contributed by atoms with Crippen LogP contribution < -0.4 is 20.5 Å².